The van der Waals surface area contributed by atoms with Gasteiger partial charge >= 0.3 is 0 Å². The Morgan fingerprint density at radius 1 is 1.00 bits per heavy atom. The Hall–Kier alpha value is -1.95. The molecule has 3 nitrogen and oxygen atoms in total. The van der Waals surface area contributed by atoms with Crippen LogP contribution in [0.15, 0.2) is 76.6 Å². The molecule has 5 heteroatoms. The second-order valence-corrected chi connectivity index (χ2v) is 7.10. The van der Waals surface area contributed by atoms with Crippen molar-refractivity contribution in [3.8, 4) is 0 Å². The van der Waals surface area contributed by atoms with Crippen molar-refractivity contribution in [3.63, 3.8) is 0 Å². The third-order valence-corrected chi connectivity index (χ3v) is 5.20. The van der Waals surface area contributed by atoms with Gasteiger partial charge < -0.3 is 5.32 Å². The molecule has 0 aliphatic carbocycles. The summed E-state index contributed by atoms with van der Waals surface area (Å²) in [5.41, 5.74) is 1.92. The number of halogens is 1. The number of rotatable bonds is 6. The Kier molecular flexibility index (Phi) is 5.80. The summed E-state index contributed by atoms with van der Waals surface area (Å²) in [7, 11) is 0. The molecule has 1 aromatic heterocycles. The third kappa shape index (κ3) is 4.32. The molecule has 1 atom stereocenters. The number of carbonyl (C=O) groups excluding carboxylic acids is 1. The smallest absolute Gasteiger partial charge is 0.238 e. The molecule has 0 bridgehead atoms. The van der Waals surface area contributed by atoms with E-state index in [1.807, 2.05) is 53.9 Å². The first-order chi connectivity index (χ1) is 11.7. The fraction of sp³-hybridized carbons (Fsp3) is 0.105. The monoisotopic (exact) mass is 400 g/mol. The zero-order valence-corrected chi connectivity index (χ0v) is 15.3. The van der Waals surface area contributed by atoms with E-state index in [0.717, 1.165) is 15.7 Å². The molecule has 1 heterocycles. The van der Waals surface area contributed by atoms with Crippen LogP contribution in [0.2, 0.25) is 0 Å². The normalized spacial score (nSPS) is 11.9. The highest BCUT2D eigenvalue weighted by atomic mass is 79.9. The SMILES string of the molecule is O=C(CN[C@H](c1ccccc1)c1cccs1)Nc1ccccc1Br. The van der Waals surface area contributed by atoms with Crippen LogP contribution in [0.1, 0.15) is 16.5 Å². The molecule has 122 valence electrons. The van der Waals surface area contributed by atoms with Gasteiger partial charge in [-0.15, -0.1) is 11.3 Å². The van der Waals surface area contributed by atoms with Crippen molar-refractivity contribution in [2.75, 3.05) is 11.9 Å². The van der Waals surface area contributed by atoms with Gasteiger partial charge in [-0.05, 0) is 45.1 Å². The predicted molar refractivity (Wildman–Crippen MR) is 103 cm³/mol. The Balaban J connectivity index is 1.68. The summed E-state index contributed by atoms with van der Waals surface area (Å²) in [6, 6.07) is 21.9. The lowest BCUT2D eigenvalue weighted by Gasteiger charge is -2.18. The van der Waals surface area contributed by atoms with Crippen LogP contribution in [-0.2, 0) is 4.79 Å². The minimum Gasteiger partial charge on any atom is -0.324 e. The number of benzene rings is 2. The van der Waals surface area contributed by atoms with Crippen molar-refractivity contribution >= 4 is 38.9 Å². The summed E-state index contributed by atoms with van der Waals surface area (Å²) in [6.45, 7) is 0.235. The van der Waals surface area contributed by atoms with Gasteiger partial charge in [-0.3, -0.25) is 10.1 Å². The molecule has 0 fully saturated rings. The van der Waals surface area contributed by atoms with Crippen LogP contribution < -0.4 is 10.6 Å². The lowest BCUT2D eigenvalue weighted by Crippen LogP contribution is -2.31. The molecule has 0 radical (unpaired) electrons. The molecule has 2 N–H and O–H groups in total. The number of hydrogen-bond donors (Lipinski definition) is 2. The molecule has 0 aliphatic rings. The van der Waals surface area contributed by atoms with Gasteiger partial charge in [-0.25, -0.2) is 0 Å². The van der Waals surface area contributed by atoms with Crippen molar-refractivity contribution in [1.82, 2.24) is 5.32 Å². The molecule has 0 saturated heterocycles. The number of hydrogen-bond acceptors (Lipinski definition) is 3. The van der Waals surface area contributed by atoms with Crippen molar-refractivity contribution in [1.29, 1.82) is 0 Å². The Labute approximate surface area is 153 Å². The molecule has 0 saturated carbocycles. The zero-order valence-electron chi connectivity index (χ0n) is 12.9. The second kappa shape index (κ2) is 8.24. The van der Waals surface area contributed by atoms with Crippen LogP contribution in [0.5, 0.6) is 0 Å². The zero-order chi connectivity index (χ0) is 16.8. The summed E-state index contributed by atoms with van der Waals surface area (Å²) >= 11 is 5.12. The largest absolute Gasteiger partial charge is 0.324 e. The number of thiophene rings is 1. The molecule has 0 aliphatic heterocycles. The van der Waals surface area contributed by atoms with Gasteiger partial charge in [-0.1, -0.05) is 48.5 Å². The van der Waals surface area contributed by atoms with E-state index < -0.39 is 0 Å². The highest BCUT2D eigenvalue weighted by molar-refractivity contribution is 9.10. The first-order valence-corrected chi connectivity index (χ1v) is 9.27. The van der Waals surface area contributed by atoms with Gasteiger partial charge in [0.15, 0.2) is 0 Å². The van der Waals surface area contributed by atoms with E-state index in [4.69, 9.17) is 0 Å². The fourth-order valence-electron chi connectivity index (χ4n) is 2.44. The minimum atomic E-state index is -0.0700. The summed E-state index contributed by atoms with van der Waals surface area (Å²) in [5.74, 6) is -0.0700. The van der Waals surface area contributed by atoms with E-state index in [2.05, 4.69) is 44.8 Å². The average molecular weight is 401 g/mol. The lowest BCUT2D eigenvalue weighted by atomic mass is 10.1. The molecule has 0 unspecified atom stereocenters. The molecule has 2 aromatic carbocycles. The van der Waals surface area contributed by atoms with E-state index in [1.165, 1.54) is 4.88 Å². The van der Waals surface area contributed by atoms with Gasteiger partial charge in [-0.2, -0.15) is 0 Å². The number of carbonyl (C=O) groups is 1. The molecule has 3 aromatic rings. The van der Waals surface area contributed by atoms with Gasteiger partial charge in [0.25, 0.3) is 0 Å². The van der Waals surface area contributed by atoms with Gasteiger partial charge in [0.1, 0.15) is 0 Å². The van der Waals surface area contributed by atoms with Gasteiger partial charge in [0, 0.05) is 9.35 Å². The highest BCUT2D eigenvalue weighted by Crippen LogP contribution is 2.26. The summed E-state index contributed by atoms with van der Waals surface area (Å²) in [5, 5.41) is 8.33. The van der Waals surface area contributed by atoms with Crippen LogP contribution in [0.4, 0.5) is 5.69 Å². The molecule has 24 heavy (non-hydrogen) atoms. The standard InChI is InChI=1S/C19H17BrN2OS/c20-15-9-4-5-10-16(15)22-18(23)13-21-19(17-11-6-12-24-17)14-7-2-1-3-8-14/h1-12,19,21H,13H2,(H,22,23)/t19-/m1/s1. The van der Waals surface area contributed by atoms with Crippen LogP contribution >= 0.6 is 27.3 Å². The summed E-state index contributed by atoms with van der Waals surface area (Å²) < 4.78 is 0.871. The quantitative estimate of drug-likeness (QED) is 0.621. The average Bonchev–Trinajstić information content (AvgIpc) is 3.12. The molecular weight excluding hydrogens is 384 g/mol. The summed E-state index contributed by atoms with van der Waals surface area (Å²) in [6.07, 6.45) is 0. The van der Waals surface area contributed by atoms with Gasteiger partial charge in [0.2, 0.25) is 5.91 Å². The lowest BCUT2D eigenvalue weighted by molar-refractivity contribution is -0.115. The number of amides is 1. The maximum absolute atomic E-state index is 12.3. The van der Waals surface area contributed by atoms with Crippen molar-refractivity contribution in [2.45, 2.75) is 6.04 Å². The highest BCUT2D eigenvalue weighted by Gasteiger charge is 2.16. The number of anilines is 1. The first-order valence-electron chi connectivity index (χ1n) is 7.60. The molecule has 1 amide bonds. The third-order valence-electron chi connectivity index (χ3n) is 3.58. The van der Waals surface area contributed by atoms with Crippen molar-refractivity contribution < 1.29 is 4.79 Å². The van der Waals surface area contributed by atoms with E-state index in [0.29, 0.717) is 0 Å². The Morgan fingerprint density at radius 3 is 2.46 bits per heavy atom. The van der Waals surface area contributed by atoms with Crippen LogP contribution in [-0.4, -0.2) is 12.5 Å². The Bertz CT molecular complexity index is 790. The first kappa shape index (κ1) is 16.9. The molecule has 0 spiro atoms. The number of para-hydroxylation sites is 1. The Morgan fingerprint density at radius 2 is 1.75 bits per heavy atom. The second-order valence-electron chi connectivity index (χ2n) is 5.27. The summed E-state index contributed by atoms with van der Waals surface area (Å²) in [4.78, 5) is 13.5. The van der Waals surface area contributed by atoms with Crippen molar-refractivity contribution in [3.05, 3.63) is 87.0 Å². The van der Waals surface area contributed by atoms with E-state index in [-0.39, 0.29) is 18.5 Å². The minimum absolute atomic E-state index is 0.0103. The molecule has 3 rings (SSSR count). The van der Waals surface area contributed by atoms with E-state index >= 15 is 0 Å². The number of nitrogens with one attached hydrogen (secondary N) is 2. The topological polar surface area (TPSA) is 41.1 Å². The van der Waals surface area contributed by atoms with Crippen LogP contribution in [0, 0.1) is 0 Å². The van der Waals surface area contributed by atoms with Gasteiger partial charge in [0.05, 0.1) is 18.3 Å². The molecular formula is C19H17BrN2OS. The van der Waals surface area contributed by atoms with Crippen molar-refractivity contribution in [2.24, 2.45) is 0 Å². The fourth-order valence-corrected chi connectivity index (χ4v) is 3.65. The predicted octanol–water partition coefficient (Wildman–Crippen LogP) is 4.83. The van der Waals surface area contributed by atoms with Crippen LogP contribution in [0.25, 0.3) is 0 Å². The van der Waals surface area contributed by atoms with Crippen LogP contribution in [0.3, 0.4) is 0 Å². The van der Waals surface area contributed by atoms with E-state index in [9.17, 15) is 4.79 Å². The van der Waals surface area contributed by atoms with E-state index in [1.54, 1.807) is 11.3 Å². The maximum Gasteiger partial charge on any atom is 0.238 e. The maximum atomic E-state index is 12.3.